The fourth-order valence-corrected chi connectivity index (χ4v) is 3.30. The first-order valence-corrected chi connectivity index (χ1v) is 5.98. The zero-order valence-corrected chi connectivity index (χ0v) is 9.68. The molecule has 1 saturated carbocycles. The van der Waals surface area contributed by atoms with Crippen LogP contribution in [0.1, 0.15) is 39.5 Å². The van der Waals surface area contributed by atoms with Crippen LogP contribution in [0.15, 0.2) is 0 Å². The first kappa shape index (κ1) is 10.4. The van der Waals surface area contributed by atoms with Gasteiger partial charge in [-0.2, -0.15) is 0 Å². The van der Waals surface area contributed by atoms with Crippen LogP contribution >= 0.6 is 0 Å². The normalized spacial score (nSPS) is 30.2. The molecule has 0 aromatic carbocycles. The molecule has 0 atom stereocenters. The lowest BCUT2D eigenvalue weighted by Crippen LogP contribution is -2.56. The number of hydrogen-bond acceptors (Lipinski definition) is 2. The van der Waals surface area contributed by atoms with Gasteiger partial charge < -0.3 is 10.6 Å². The highest BCUT2D eigenvalue weighted by Gasteiger charge is 2.40. The zero-order valence-electron chi connectivity index (χ0n) is 9.68. The fraction of sp³-hybridized carbons (Fsp3) is 1.00. The molecule has 1 heterocycles. The van der Waals surface area contributed by atoms with Gasteiger partial charge in [-0.1, -0.05) is 26.7 Å². The number of rotatable bonds is 3. The first-order chi connectivity index (χ1) is 6.55. The molecule has 14 heavy (non-hydrogen) atoms. The molecule has 2 rings (SSSR count). The molecule has 2 heteroatoms. The molecule has 0 bridgehead atoms. The summed E-state index contributed by atoms with van der Waals surface area (Å²) in [7, 11) is 0. The van der Waals surface area contributed by atoms with Crippen molar-refractivity contribution in [2.75, 3.05) is 26.2 Å². The molecule has 82 valence electrons. The second kappa shape index (κ2) is 3.49. The Labute approximate surface area is 87.8 Å². The number of nitrogens with two attached hydrogens (primary N) is 1. The van der Waals surface area contributed by atoms with E-state index >= 15 is 0 Å². The van der Waals surface area contributed by atoms with Crippen LogP contribution < -0.4 is 5.73 Å². The molecule has 0 radical (unpaired) electrons. The number of hydrogen-bond donors (Lipinski definition) is 1. The van der Waals surface area contributed by atoms with Gasteiger partial charge in [-0.05, 0) is 30.2 Å². The maximum atomic E-state index is 5.94. The highest BCUT2D eigenvalue weighted by molar-refractivity contribution is 4.94. The highest BCUT2D eigenvalue weighted by Crippen LogP contribution is 2.40. The van der Waals surface area contributed by atoms with Gasteiger partial charge in [0.05, 0.1) is 0 Å². The van der Waals surface area contributed by atoms with Crippen molar-refractivity contribution in [3.63, 3.8) is 0 Å². The van der Waals surface area contributed by atoms with Crippen LogP contribution in [0.4, 0.5) is 0 Å². The molecule has 0 spiro atoms. The Morgan fingerprint density at radius 3 is 2.14 bits per heavy atom. The number of likely N-dealkylation sites (tertiary alicyclic amines) is 1. The third kappa shape index (κ3) is 1.96. The van der Waals surface area contributed by atoms with E-state index in [2.05, 4.69) is 18.7 Å². The van der Waals surface area contributed by atoms with Crippen molar-refractivity contribution in [2.24, 2.45) is 16.6 Å². The lowest BCUT2D eigenvalue weighted by Gasteiger charge is -2.49. The van der Waals surface area contributed by atoms with Crippen molar-refractivity contribution in [2.45, 2.75) is 39.5 Å². The molecule has 2 nitrogen and oxygen atoms in total. The summed E-state index contributed by atoms with van der Waals surface area (Å²) in [6, 6.07) is 0. The third-order valence-corrected chi connectivity index (χ3v) is 3.96. The molecule has 1 aliphatic heterocycles. The summed E-state index contributed by atoms with van der Waals surface area (Å²) in [6.07, 6.45) is 5.52. The van der Waals surface area contributed by atoms with Gasteiger partial charge in [0, 0.05) is 19.6 Å². The quantitative estimate of drug-likeness (QED) is 0.746. The predicted octanol–water partition coefficient (Wildman–Crippen LogP) is 1.85. The van der Waals surface area contributed by atoms with E-state index in [9.17, 15) is 0 Å². The summed E-state index contributed by atoms with van der Waals surface area (Å²) >= 11 is 0. The molecule has 1 saturated heterocycles. The largest absolute Gasteiger partial charge is 0.330 e. The van der Waals surface area contributed by atoms with Crippen LogP contribution in [0.25, 0.3) is 0 Å². The van der Waals surface area contributed by atoms with Gasteiger partial charge in [-0.3, -0.25) is 0 Å². The van der Waals surface area contributed by atoms with Crippen LogP contribution in [0, 0.1) is 10.8 Å². The molecule has 0 unspecified atom stereocenters. The second-order valence-corrected chi connectivity index (χ2v) is 6.22. The lowest BCUT2D eigenvalue weighted by molar-refractivity contribution is -0.00199. The Morgan fingerprint density at radius 1 is 1.14 bits per heavy atom. The summed E-state index contributed by atoms with van der Waals surface area (Å²) in [5.41, 5.74) is 6.98. The second-order valence-electron chi connectivity index (χ2n) is 6.22. The molecular weight excluding hydrogens is 172 g/mol. The molecular formula is C12H24N2. The Hall–Kier alpha value is -0.0800. The van der Waals surface area contributed by atoms with Crippen LogP contribution in [0.2, 0.25) is 0 Å². The van der Waals surface area contributed by atoms with Crippen LogP contribution in [0.3, 0.4) is 0 Å². The van der Waals surface area contributed by atoms with Gasteiger partial charge in [-0.15, -0.1) is 0 Å². The number of nitrogens with zero attached hydrogens (tertiary/aromatic N) is 1. The average molecular weight is 196 g/mol. The van der Waals surface area contributed by atoms with Gasteiger partial charge in [0.1, 0.15) is 0 Å². The molecule has 0 aromatic rings. The van der Waals surface area contributed by atoms with Crippen molar-refractivity contribution < 1.29 is 0 Å². The summed E-state index contributed by atoms with van der Waals surface area (Å²) in [5, 5.41) is 0. The first-order valence-electron chi connectivity index (χ1n) is 5.98. The minimum atomic E-state index is 0.483. The van der Waals surface area contributed by atoms with Crippen LogP contribution in [-0.2, 0) is 0 Å². The maximum absolute atomic E-state index is 5.94. The van der Waals surface area contributed by atoms with Gasteiger partial charge >= 0.3 is 0 Å². The van der Waals surface area contributed by atoms with Crippen LogP contribution in [0.5, 0.6) is 0 Å². The topological polar surface area (TPSA) is 29.3 Å². The molecule has 1 aliphatic carbocycles. The van der Waals surface area contributed by atoms with Gasteiger partial charge in [0.15, 0.2) is 0 Å². The van der Waals surface area contributed by atoms with Crippen molar-refractivity contribution in [3.8, 4) is 0 Å². The van der Waals surface area contributed by atoms with E-state index in [-0.39, 0.29) is 0 Å². The Morgan fingerprint density at radius 2 is 1.71 bits per heavy atom. The standard InChI is InChI=1S/C12H24N2/c1-11(2)8-14(9-11)10-12(7-13)5-3-4-6-12/h3-10,13H2,1-2H3. The average Bonchev–Trinajstić information content (AvgIpc) is 2.51. The highest BCUT2D eigenvalue weighted by atomic mass is 15.2. The summed E-state index contributed by atoms with van der Waals surface area (Å²) < 4.78 is 0. The smallest absolute Gasteiger partial charge is 0.00505 e. The van der Waals surface area contributed by atoms with E-state index in [1.165, 1.54) is 45.3 Å². The van der Waals surface area contributed by atoms with E-state index < -0.39 is 0 Å². The van der Waals surface area contributed by atoms with Crippen molar-refractivity contribution in [3.05, 3.63) is 0 Å². The van der Waals surface area contributed by atoms with E-state index in [1.807, 2.05) is 0 Å². The van der Waals surface area contributed by atoms with Gasteiger partial charge in [0.25, 0.3) is 0 Å². The SMILES string of the molecule is CC1(C)CN(CC2(CN)CCCC2)C1. The van der Waals surface area contributed by atoms with Crippen molar-refractivity contribution in [1.82, 2.24) is 4.90 Å². The fourth-order valence-electron chi connectivity index (χ4n) is 3.30. The maximum Gasteiger partial charge on any atom is 0.00505 e. The van der Waals surface area contributed by atoms with E-state index in [4.69, 9.17) is 5.73 Å². The van der Waals surface area contributed by atoms with Crippen LogP contribution in [-0.4, -0.2) is 31.1 Å². The van der Waals surface area contributed by atoms with Gasteiger partial charge in [-0.25, -0.2) is 0 Å². The van der Waals surface area contributed by atoms with Crippen molar-refractivity contribution in [1.29, 1.82) is 0 Å². The van der Waals surface area contributed by atoms with E-state index in [0.29, 0.717) is 10.8 Å². The third-order valence-electron chi connectivity index (χ3n) is 3.96. The zero-order chi connectivity index (χ0) is 10.2. The molecule has 2 aliphatic rings. The predicted molar refractivity (Wildman–Crippen MR) is 60.2 cm³/mol. The minimum absolute atomic E-state index is 0.483. The molecule has 2 fully saturated rings. The lowest BCUT2D eigenvalue weighted by atomic mass is 9.79. The minimum Gasteiger partial charge on any atom is -0.330 e. The molecule has 0 aromatic heterocycles. The summed E-state index contributed by atoms with van der Waals surface area (Å²) in [5.74, 6) is 0. The summed E-state index contributed by atoms with van der Waals surface area (Å²) in [4.78, 5) is 2.60. The van der Waals surface area contributed by atoms with E-state index in [1.54, 1.807) is 0 Å². The Balaban J connectivity index is 1.84. The Kier molecular flexibility index (Phi) is 2.61. The van der Waals surface area contributed by atoms with E-state index in [0.717, 1.165) is 6.54 Å². The Bertz CT molecular complexity index is 196. The van der Waals surface area contributed by atoms with Crippen molar-refractivity contribution >= 4 is 0 Å². The monoisotopic (exact) mass is 196 g/mol. The van der Waals surface area contributed by atoms with Gasteiger partial charge in [0.2, 0.25) is 0 Å². The molecule has 0 amide bonds. The molecule has 2 N–H and O–H groups in total. The summed E-state index contributed by atoms with van der Waals surface area (Å²) in [6.45, 7) is 9.40.